The molecule has 2 fully saturated rings. The summed E-state index contributed by atoms with van der Waals surface area (Å²) < 4.78 is 13.0. The molecule has 3 aliphatic heterocycles. The molecule has 0 atom stereocenters. The van der Waals surface area contributed by atoms with Gasteiger partial charge in [-0.15, -0.1) is 0 Å². The number of ether oxygens (including phenoxy) is 2. The summed E-state index contributed by atoms with van der Waals surface area (Å²) >= 11 is 6.86. The maximum atomic E-state index is 13.7. The van der Waals surface area contributed by atoms with Crippen molar-refractivity contribution in [3.05, 3.63) is 86.0 Å². The van der Waals surface area contributed by atoms with Crippen molar-refractivity contribution < 1.29 is 14.3 Å². The standard InChI is InChI=1S/C31H29N5O4S2/c1-3-35-28(34-13-11-33(12-14-34)22-7-5-4-6-8-22)23(20(2)24(17-32)29(35)37)16-27-30(38)36(31(41)42-27)18-21-9-10-25-26(15-21)40-19-39-25/h4-10,15-16H,3,11-14,18-19H2,1-2H3/b27-16-. The highest BCUT2D eigenvalue weighted by Crippen LogP contribution is 2.38. The highest BCUT2D eigenvalue weighted by Gasteiger charge is 2.34. The number of thiocarbonyl (C=S) groups is 1. The van der Waals surface area contributed by atoms with Gasteiger partial charge in [0.05, 0.1) is 11.4 Å². The fraction of sp³-hybridized carbons (Fsp3) is 0.290. The number of hydrogen-bond acceptors (Lipinski definition) is 9. The number of nitriles is 1. The van der Waals surface area contributed by atoms with E-state index in [0.717, 1.165) is 30.2 Å². The van der Waals surface area contributed by atoms with Gasteiger partial charge in [0, 0.05) is 44.0 Å². The number of benzene rings is 2. The highest BCUT2D eigenvalue weighted by atomic mass is 32.2. The van der Waals surface area contributed by atoms with Crippen LogP contribution in [0.25, 0.3) is 6.08 Å². The summed E-state index contributed by atoms with van der Waals surface area (Å²) in [4.78, 5) is 33.6. The van der Waals surface area contributed by atoms with Crippen LogP contribution in [0.4, 0.5) is 11.5 Å². The molecule has 3 aromatic rings. The monoisotopic (exact) mass is 599 g/mol. The summed E-state index contributed by atoms with van der Waals surface area (Å²) in [5.41, 5.74) is 3.07. The van der Waals surface area contributed by atoms with Gasteiger partial charge in [-0.1, -0.05) is 48.2 Å². The molecule has 2 saturated heterocycles. The molecule has 0 saturated carbocycles. The predicted molar refractivity (Wildman–Crippen MR) is 168 cm³/mol. The molecular formula is C31H29N5O4S2. The third kappa shape index (κ3) is 5.01. The quantitative estimate of drug-likeness (QED) is 0.300. The Hall–Kier alpha value is -4.27. The largest absolute Gasteiger partial charge is 0.454 e. The number of hydrogen-bond donors (Lipinski definition) is 0. The molecule has 1 aromatic heterocycles. The molecule has 0 bridgehead atoms. The van der Waals surface area contributed by atoms with Crippen molar-refractivity contribution in [3.8, 4) is 17.6 Å². The molecule has 4 heterocycles. The van der Waals surface area contributed by atoms with Crippen LogP contribution in [0.1, 0.15) is 29.2 Å². The molecule has 0 aliphatic carbocycles. The SMILES string of the molecule is CCn1c(N2CCN(c3ccccc3)CC2)c(/C=C2\SC(=S)N(Cc3ccc4c(c3)OCO4)C2=O)c(C)c(C#N)c1=O. The van der Waals surface area contributed by atoms with Crippen LogP contribution in [0.2, 0.25) is 0 Å². The van der Waals surface area contributed by atoms with Gasteiger partial charge >= 0.3 is 0 Å². The number of pyridine rings is 1. The first-order valence-electron chi connectivity index (χ1n) is 13.8. The number of rotatable bonds is 6. The number of amides is 1. The zero-order chi connectivity index (χ0) is 29.4. The van der Waals surface area contributed by atoms with Crippen molar-refractivity contribution >= 4 is 51.8 Å². The second-order valence-electron chi connectivity index (χ2n) is 10.2. The Morgan fingerprint density at radius 3 is 2.45 bits per heavy atom. The average molecular weight is 600 g/mol. The zero-order valence-electron chi connectivity index (χ0n) is 23.3. The number of thioether (sulfide) groups is 1. The van der Waals surface area contributed by atoms with E-state index in [-0.39, 0.29) is 23.8 Å². The molecule has 1 amide bonds. The molecule has 0 radical (unpaired) electrons. The average Bonchev–Trinajstić information content (AvgIpc) is 3.58. The lowest BCUT2D eigenvalue weighted by Crippen LogP contribution is -2.48. The minimum Gasteiger partial charge on any atom is -0.454 e. The first-order chi connectivity index (χ1) is 20.4. The Balaban J connectivity index is 1.34. The van der Waals surface area contributed by atoms with Crippen molar-refractivity contribution in [1.82, 2.24) is 9.47 Å². The molecule has 42 heavy (non-hydrogen) atoms. The van der Waals surface area contributed by atoms with Crippen LogP contribution in [-0.4, -0.2) is 52.7 Å². The van der Waals surface area contributed by atoms with Crippen molar-refractivity contribution in [2.75, 3.05) is 42.8 Å². The van der Waals surface area contributed by atoms with E-state index < -0.39 is 0 Å². The number of nitrogens with zero attached hydrogens (tertiary/aromatic N) is 5. The third-order valence-corrected chi connectivity index (χ3v) is 9.17. The summed E-state index contributed by atoms with van der Waals surface area (Å²) in [6, 6.07) is 17.9. The number of fused-ring (bicyclic) bond motifs is 1. The zero-order valence-corrected chi connectivity index (χ0v) is 25.0. The van der Waals surface area contributed by atoms with Crippen molar-refractivity contribution in [1.29, 1.82) is 5.26 Å². The van der Waals surface area contributed by atoms with E-state index >= 15 is 0 Å². The van der Waals surface area contributed by atoms with E-state index in [4.69, 9.17) is 21.7 Å². The lowest BCUT2D eigenvalue weighted by molar-refractivity contribution is -0.122. The molecule has 6 rings (SSSR count). The first kappa shape index (κ1) is 27.9. The van der Waals surface area contributed by atoms with Gasteiger partial charge in [0.2, 0.25) is 6.79 Å². The summed E-state index contributed by atoms with van der Waals surface area (Å²) in [6.45, 7) is 7.47. The van der Waals surface area contributed by atoms with Crippen LogP contribution >= 0.6 is 24.0 Å². The fourth-order valence-electron chi connectivity index (χ4n) is 5.58. The van der Waals surface area contributed by atoms with E-state index in [0.29, 0.717) is 58.0 Å². The number of piperazine rings is 1. The third-order valence-electron chi connectivity index (χ3n) is 7.79. The van der Waals surface area contributed by atoms with Crippen LogP contribution in [-0.2, 0) is 17.9 Å². The van der Waals surface area contributed by atoms with Gasteiger partial charge in [-0.05, 0) is 55.3 Å². The van der Waals surface area contributed by atoms with Crippen molar-refractivity contribution in [3.63, 3.8) is 0 Å². The highest BCUT2D eigenvalue weighted by molar-refractivity contribution is 8.26. The summed E-state index contributed by atoms with van der Waals surface area (Å²) in [7, 11) is 0. The smallest absolute Gasteiger partial charge is 0.270 e. The van der Waals surface area contributed by atoms with E-state index in [1.807, 2.05) is 43.3 Å². The Kier molecular flexibility index (Phi) is 7.66. The van der Waals surface area contributed by atoms with Gasteiger partial charge in [-0.25, -0.2) is 0 Å². The van der Waals surface area contributed by atoms with Gasteiger partial charge in [0.25, 0.3) is 11.5 Å². The maximum Gasteiger partial charge on any atom is 0.270 e. The number of anilines is 2. The first-order valence-corrected chi connectivity index (χ1v) is 15.0. The van der Waals surface area contributed by atoms with Crippen molar-refractivity contribution in [2.24, 2.45) is 0 Å². The Bertz CT molecular complexity index is 1700. The van der Waals surface area contributed by atoms with Crippen molar-refractivity contribution in [2.45, 2.75) is 26.9 Å². The van der Waals surface area contributed by atoms with Gasteiger partial charge in [0.15, 0.2) is 11.5 Å². The molecule has 11 heteroatoms. The van der Waals surface area contributed by atoms with Gasteiger partial charge in [-0.2, -0.15) is 5.26 Å². The normalized spacial score (nSPS) is 17.4. The van der Waals surface area contributed by atoms with Gasteiger partial charge in [0.1, 0.15) is 21.8 Å². The lowest BCUT2D eigenvalue weighted by Gasteiger charge is -2.39. The number of para-hydroxylation sites is 1. The minimum atomic E-state index is -0.314. The summed E-state index contributed by atoms with van der Waals surface area (Å²) in [5, 5.41) is 9.91. The van der Waals surface area contributed by atoms with Crippen LogP contribution in [0.3, 0.4) is 0 Å². The van der Waals surface area contributed by atoms with Crippen LogP contribution in [0.15, 0.2) is 58.2 Å². The van der Waals surface area contributed by atoms with Crippen LogP contribution in [0, 0.1) is 18.3 Å². The molecule has 3 aliphatic rings. The van der Waals surface area contributed by atoms with Crippen LogP contribution < -0.4 is 24.8 Å². The number of carbonyl (C=O) groups excluding carboxylic acids is 1. The Morgan fingerprint density at radius 2 is 1.74 bits per heavy atom. The second kappa shape index (κ2) is 11.5. The summed E-state index contributed by atoms with van der Waals surface area (Å²) in [6.07, 6.45) is 1.81. The summed E-state index contributed by atoms with van der Waals surface area (Å²) in [5.74, 6) is 1.84. The van der Waals surface area contributed by atoms with E-state index in [1.165, 1.54) is 11.8 Å². The number of carbonyl (C=O) groups is 1. The number of aromatic nitrogens is 1. The molecule has 214 valence electrons. The van der Waals surface area contributed by atoms with E-state index in [2.05, 4.69) is 28.0 Å². The minimum absolute atomic E-state index is 0.0885. The topological polar surface area (TPSA) is 91.0 Å². The predicted octanol–water partition coefficient (Wildman–Crippen LogP) is 4.51. The maximum absolute atomic E-state index is 13.7. The Morgan fingerprint density at radius 1 is 1.02 bits per heavy atom. The molecule has 0 unspecified atom stereocenters. The molecule has 2 aromatic carbocycles. The molecule has 0 N–H and O–H groups in total. The Labute approximate surface area is 253 Å². The molecule has 9 nitrogen and oxygen atoms in total. The second-order valence-corrected chi connectivity index (χ2v) is 11.8. The van der Waals surface area contributed by atoms with E-state index in [1.54, 1.807) is 22.5 Å². The molecule has 0 spiro atoms. The lowest BCUT2D eigenvalue weighted by atomic mass is 10.0. The fourth-order valence-corrected chi connectivity index (χ4v) is 6.82. The van der Waals surface area contributed by atoms with E-state index in [9.17, 15) is 14.9 Å². The van der Waals surface area contributed by atoms with Gasteiger partial charge in [-0.3, -0.25) is 19.1 Å². The molecular weight excluding hydrogens is 571 g/mol. The van der Waals surface area contributed by atoms with Crippen LogP contribution in [0.5, 0.6) is 11.5 Å². The van der Waals surface area contributed by atoms with Gasteiger partial charge < -0.3 is 19.3 Å².